The van der Waals surface area contributed by atoms with Crippen molar-refractivity contribution >= 4 is 27.9 Å². The van der Waals surface area contributed by atoms with Crippen molar-refractivity contribution in [3.8, 4) is 11.1 Å². The van der Waals surface area contributed by atoms with Gasteiger partial charge in [-0.2, -0.15) is 0 Å². The van der Waals surface area contributed by atoms with E-state index in [-0.39, 0.29) is 11.6 Å². The lowest BCUT2D eigenvalue weighted by Gasteiger charge is -2.33. The van der Waals surface area contributed by atoms with Crippen molar-refractivity contribution in [2.45, 2.75) is 32.7 Å². The molecule has 3 aromatic heterocycles. The highest BCUT2D eigenvalue weighted by Crippen LogP contribution is 2.41. The molecule has 2 aromatic carbocycles. The van der Waals surface area contributed by atoms with E-state index < -0.39 is 5.97 Å². The lowest BCUT2D eigenvalue weighted by atomic mass is 9.86. The average molecular weight is 482 g/mol. The molecule has 4 heterocycles. The molecule has 0 unspecified atom stereocenters. The summed E-state index contributed by atoms with van der Waals surface area (Å²) < 4.78 is 13.5. The maximum atomic E-state index is 11.9. The van der Waals surface area contributed by atoms with Crippen molar-refractivity contribution in [1.29, 1.82) is 0 Å². The molecule has 0 radical (unpaired) electrons. The smallest absolute Gasteiger partial charge is 0.335 e. The van der Waals surface area contributed by atoms with Gasteiger partial charge in [0.1, 0.15) is 5.76 Å². The monoisotopic (exact) mass is 481 g/mol. The molecule has 1 fully saturated rings. The van der Waals surface area contributed by atoms with Gasteiger partial charge in [-0.3, -0.25) is 4.98 Å². The van der Waals surface area contributed by atoms with Crippen molar-refractivity contribution in [3.05, 3.63) is 83.4 Å². The Morgan fingerprint density at radius 1 is 1.06 bits per heavy atom. The standard InChI is InChI=1S/C29H27N3O4/c1-17-26(18(2)36-31-17)22-15-25-27(30-16-22)23-9-8-21(29(33)34)14-24(23)32(25)28(19-6-4-3-5-7-19)20-10-12-35-13-11-20/h3-9,14-16,20,28H,10-13H2,1-2H3,(H,33,34)/t28-/m0/s1. The molecule has 36 heavy (non-hydrogen) atoms. The number of aromatic nitrogens is 3. The van der Waals surface area contributed by atoms with Crippen LogP contribution in [0.4, 0.5) is 0 Å². The summed E-state index contributed by atoms with van der Waals surface area (Å²) in [6.45, 7) is 5.27. The summed E-state index contributed by atoms with van der Waals surface area (Å²) in [4.78, 5) is 16.8. The predicted molar refractivity (Wildman–Crippen MR) is 137 cm³/mol. The van der Waals surface area contributed by atoms with Crippen LogP contribution >= 0.6 is 0 Å². The third-order valence-electron chi connectivity index (χ3n) is 7.34. The van der Waals surface area contributed by atoms with E-state index in [0.717, 1.165) is 57.4 Å². The molecule has 7 nitrogen and oxygen atoms in total. The van der Waals surface area contributed by atoms with Crippen LogP contribution < -0.4 is 0 Å². The molecule has 1 N–H and O–H groups in total. The fourth-order valence-electron chi connectivity index (χ4n) is 5.68. The molecule has 0 aliphatic carbocycles. The van der Waals surface area contributed by atoms with Crippen LogP contribution in [0.2, 0.25) is 0 Å². The molecule has 7 heteroatoms. The van der Waals surface area contributed by atoms with Crippen LogP contribution in [0.15, 0.2) is 65.3 Å². The number of nitrogens with zero attached hydrogens (tertiary/aromatic N) is 3. The highest BCUT2D eigenvalue weighted by Gasteiger charge is 2.30. The van der Waals surface area contributed by atoms with E-state index in [9.17, 15) is 9.90 Å². The van der Waals surface area contributed by atoms with Gasteiger partial charge in [-0.25, -0.2) is 4.79 Å². The number of hydrogen-bond donors (Lipinski definition) is 1. The third kappa shape index (κ3) is 3.67. The second-order valence-corrected chi connectivity index (χ2v) is 9.50. The van der Waals surface area contributed by atoms with E-state index >= 15 is 0 Å². The number of carbonyl (C=O) groups is 1. The highest BCUT2D eigenvalue weighted by atomic mass is 16.5. The van der Waals surface area contributed by atoms with E-state index in [2.05, 4.69) is 40.1 Å². The number of aromatic carboxylic acids is 1. The summed E-state index contributed by atoms with van der Waals surface area (Å²) in [6, 6.07) is 17.9. The maximum Gasteiger partial charge on any atom is 0.335 e. The first-order chi connectivity index (χ1) is 17.5. The van der Waals surface area contributed by atoms with Crippen LogP contribution in [0.3, 0.4) is 0 Å². The average Bonchev–Trinajstić information content (AvgIpc) is 3.41. The Labute approximate surface area is 208 Å². The van der Waals surface area contributed by atoms with Gasteiger partial charge >= 0.3 is 5.97 Å². The zero-order valence-electron chi connectivity index (χ0n) is 20.3. The normalized spacial score (nSPS) is 15.5. The van der Waals surface area contributed by atoms with Gasteiger partial charge in [0.15, 0.2) is 0 Å². The van der Waals surface area contributed by atoms with E-state index in [0.29, 0.717) is 19.1 Å². The van der Waals surface area contributed by atoms with Gasteiger partial charge in [0, 0.05) is 35.9 Å². The van der Waals surface area contributed by atoms with Crippen LogP contribution in [-0.2, 0) is 4.74 Å². The summed E-state index contributed by atoms with van der Waals surface area (Å²) in [5.74, 6) is 0.130. The highest BCUT2D eigenvalue weighted by molar-refractivity contribution is 6.08. The van der Waals surface area contributed by atoms with Gasteiger partial charge in [-0.05, 0) is 62.4 Å². The third-order valence-corrected chi connectivity index (χ3v) is 7.34. The second-order valence-electron chi connectivity index (χ2n) is 9.50. The predicted octanol–water partition coefficient (Wildman–Crippen LogP) is 6.18. The minimum Gasteiger partial charge on any atom is -0.478 e. The Hall–Kier alpha value is -3.97. The molecule has 5 aromatic rings. The number of pyridine rings is 1. The van der Waals surface area contributed by atoms with Crippen molar-refractivity contribution in [1.82, 2.24) is 14.7 Å². The number of carboxylic acid groups (broad SMARTS) is 1. The number of aryl methyl sites for hydroxylation is 2. The van der Waals surface area contributed by atoms with Gasteiger partial charge in [-0.15, -0.1) is 0 Å². The summed E-state index contributed by atoms with van der Waals surface area (Å²) in [5, 5.41) is 14.9. The molecule has 0 saturated carbocycles. The van der Waals surface area contributed by atoms with Gasteiger partial charge < -0.3 is 18.9 Å². The van der Waals surface area contributed by atoms with Gasteiger partial charge in [-0.1, -0.05) is 35.5 Å². The van der Waals surface area contributed by atoms with Gasteiger partial charge in [0.25, 0.3) is 0 Å². The quantitative estimate of drug-likeness (QED) is 0.323. The van der Waals surface area contributed by atoms with Crippen LogP contribution in [0.25, 0.3) is 33.1 Å². The number of carboxylic acids is 1. The van der Waals surface area contributed by atoms with E-state index in [1.807, 2.05) is 32.2 Å². The Kier molecular flexibility index (Phi) is 5.57. The van der Waals surface area contributed by atoms with Crippen LogP contribution in [0, 0.1) is 19.8 Å². The van der Waals surface area contributed by atoms with Crippen LogP contribution in [-0.4, -0.2) is 39.0 Å². The molecule has 1 atom stereocenters. The van der Waals surface area contributed by atoms with Crippen molar-refractivity contribution in [2.75, 3.05) is 13.2 Å². The lowest BCUT2D eigenvalue weighted by Crippen LogP contribution is -2.27. The molecule has 6 rings (SSSR count). The minimum absolute atomic E-state index is 0.000800. The van der Waals surface area contributed by atoms with Crippen molar-refractivity contribution < 1.29 is 19.2 Å². The molecular weight excluding hydrogens is 454 g/mol. The number of fused-ring (bicyclic) bond motifs is 3. The first-order valence-electron chi connectivity index (χ1n) is 12.3. The SMILES string of the molecule is Cc1noc(C)c1-c1cnc2c3ccc(C(=O)O)cc3n([C@@H](c3ccccc3)C3CCOCC3)c2c1. The summed E-state index contributed by atoms with van der Waals surface area (Å²) in [6.07, 6.45) is 3.71. The number of hydrogen-bond acceptors (Lipinski definition) is 5. The Morgan fingerprint density at radius 2 is 1.83 bits per heavy atom. The molecule has 1 aliphatic heterocycles. The number of rotatable bonds is 5. The topological polar surface area (TPSA) is 90.4 Å². The minimum atomic E-state index is -0.944. The fourth-order valence-corrected chi connectivity index (χ4v) is 5.68. The molecule has 0 bridgehead atoms. The molecule has 0 spiro atoms. The lowest BCUT2D eigenvalue weighted by molar-refractivity contribution is 0.0553. The maximum absolute atomic E-state index is 11.9. The van der Waals surface area contributed by atoms with E-state index in [1.54, 1.807) is 12.1 Å². The van der Waals surface area contributed by atoms with Crippen LogP contribution in [0.1, 0.15) is 46.3 Å². The summed E-state index contributed by atoms with van der Waals surface area (Å²) in [5.41, 5.74) is 6.82. The first kappa shape index (κ1) is 22.5. The summed E-state index contributed by atoms with van der Waals surface area (Å²) >= 11 is 0. The molecular formula is C29H27N3O4. The molecule has 1 aliphatic rings. The van der Waals surface area contributed by atoms with Gasteiger partial charge in [0.05, 0.1) is 33.8 Å². The Bertz CT molecular complexity index is 1560. The number of benzene rings is 2. The zero-order valence-corrected chi connectivity index (χ0v) is 20.3. The summed E-state index contributed by atoms with van der Waals surface area (Å²) in [7, 11) is 0. The second kappa shape index (κ2) is 8.91. The largest absolute Gasteiger partial charge is 0.478 e. The molecule has 1 saturated heterocycles. The Balaban J connectivity index is 1.69. The fraction of sp³-hybridized carbons (Fsp3) is 0.276. The van der Waals surface area contributed by atoms with Crippen molar-refractivity contribution in [3.63, 3.8) is 0 Å². The first-order valence-corrected chi connectivity index (χ1v) is 12.3. The van der Waals surface area contributed by atoms with E-state index in [1.165, 1.54) is 5.56 Å². The molecule has 182 valence electrons. The van der Waals surface area contributed by atoms with Crippen molar-refractivity contribution in [2.24, 2.45) is 5.92 Å². The Morgan fingerprint density at radius 3 is 2.53 bits per heavy atom. The zero-order chi connectivity index (χ0) is 24.8. The van der Waals surface area contributed by atoms with Gasteiger partial charge in [0.2, 0.25) is 0 Å². The van der Waals surface area contributed by atoms with E-state index in [4.69, 9.17) is 14.2 Å². The van der Waals surface area contributed by atoms with Crippen LogP contribution in [0.5, 0.6) is 0 Å². The number of ether oxygens (including phenoxy) is 1. The molecule has 0 amide bonds.